The molecule has 13 heteroatoms. The van der Waals surface area contributed by atoms with Gasteiger partial charge in [-0.05, 0) is 140 Å². The number of aromatic nitrogens is 2. The Bertz CT molecular complexity index is 2630. The molecule has 3 amide bonds. The SMILES string of the molecule is C=CCC(N/C(=C\C)c1ccc2c(c1)C(F)(F)c1cc(-c3ccc4nc(C(C)N(C(=O)C(NC(=O)C(N)C(C)C)C(C)C)C5CCC(C)C5)[nH]c4c3)ccc1-2)C1CC2(CC2)CN1C(=O)C(N)C(C)C.CC. The molecule has 8 rings (SSSR count). The van der Waals surface area contributed by atoms with E-state index in [0.29, 0.717) is 52.5 Å². The van der Waals surface area contributed by atoms with E-state index >= 15 is 8.78 Å². The molecule has 3 aromatic carbocycles. The number of carbonyl (C=O) groups is 3. The highest BCUT2D eigenvalue weighted by Crippen LogP contribution is 2.56. The minimum atomic E-state index is -3.27. The van der Waals surface area contributed by atoms with E-state index in [9.17, 15) is 14.4 Å². The highest BCUT2D eigenvalue weighted by molar-refractivity contribution is 5.91. The molecule has 71 heavy (non-hydrogen) atoms. The van der Waals surface area contributed by atoms with Crippen molar-refractivity contribution in [1.82, 2.24) is 30.4 Å². The number of hydrogen-bond acceptors (Lipinski definition) is 7. The Hall–Kier alpha value is -5.40. The number of nitrogens with one attached hydrogen (secondary N) is 3. The zero-order valence-electron chi connectivity index (χ0n) is 44.0. The Kier molecular flexibility index (Phi) is 16.1. The number of imidazole rings is 1. The van der Waals surface area contributed by atoms with E-state index in [1.54, 1.807) is 24.3 Å². The normalized spacial score (nSPS) is 21.9. The lowest BCUT2D eigenvalue weighted by Crippen LogP contribution is -2.57. The van der Waals surface area contributed by atoms with Crippen molar-refractivity contribution in [3.05, 3.63) is 95.8 Å². The van der Waals surface area contributed by atoms with Crippen LogP contribution in [0.2, 0.25) is 0 Å². The summed E-state index contributed by atoms with van der Waals surface area (Å²) in [6.07, 6.45) is 10.1. The van der Waals surface area contributed by atoms with E-state index in [1.807, 2.05) is 122 Å². The zero-order valence-corrected chi connectivity index (χ0v) is 44.0. The van der Waals surface area contributed by atoms with Crippen LogP contribution >= 0.6 is 0 Å². The van der Waals surface area contributed by atoms with Gasteiger partial charge in [0.15, 0.2) is 0 Å². The van der Waals surface area contributed by atoms with Crippen molar-refractivity contribution in [2.24, 2.45) is 40.6 Å². The largest absolute Gasteiger partial charge is 0.380 e. The number of likely N-dealkylation sites (tertiary alicyclic amines) is 1. The average molecular weight is 975 g/mol. The minimum Gasteiger partial charge on any atom is -0.380 e. The summed E-state index contributed by atoms with van der Waals surface area (Å²) in [6.45, 7) is 26.4. The first-order valence-electron chi connectivity index (χ1n) is 26.3. The Morgan fingerprint density at radius 1 is 0.887 bits per heavy atom. The summed E-state index contributed by atoms with van der Waals surface area (Å²) in [5, 5.41) is 6.67. The number of carbonyl (C=O) groups excluding carboxylic acids is 3. The second-order valence-electron chi connectivity index (χ2n) is 21.9. The molecule has 11 nitrogen and oxygen atoms in total. The maximum atomic E-state index is 16.9. The van der Waals surface area contributed by atoms with Crippen LogP contribution in [-0.4, -0.2) is 80.3 Å². The fraction of sp³-hybridized carbons (Fsp3) is 0.552. The summed E-state index contributed by atoms with van der Waals surface area (Å²) in [7, 11) is 0. The molecule has 7 N–H and O–H groups in total. The molecule has 1 spiro atoms. The number of nitrogens with zero attached hydrogens (tertiary/aromatic N) is 3. The van der Waals surface area contributed by atoms with Crippen LogP contribution in [0.5, 0.6) is 0 Å². The molecule has 8 atom stereocenters. The monoisotopic (exact) mass is 975 g/mol. The predicted molar refractivity (Wildman–Crippen MR) is 283 cm³/mol. The van der Waals surface area contributed by atoms with Crippen molar-refractivity contribution in [2.75, 3.05) is 6.54 Å². The minimum absolute atomic E-state index is 0.00490. The fourth-order valence-corrected chi connectivity index (χ4v) is 11.2. The number of halogens is 2. The van der Waals surface area contributed by atoms with Gasteiger partial charge < -0.3 is 36.9 Å². The van der Waals surface area contributed by atoms with Gasteiger partial charge in [-0.3, -0.25) is 14.4 Å². The first-order chi connectivity index (χ1) is 33.7. The van der Waals surface area contributed by atoms with Crippen molar-refractivity contribution in [2.45, 2.75) is 169 Å². The van der Waals surface area contributed by atoms with E-state index in [0.717, 1.165) is 55.3 Å². The van der Waals surface area contributed by atoms with Gasteiger partial charge in [-0.2, -0.15) is 8.78 Å². The number of hydrogen-bond donors (Lipinski definition) is 5. The number of rotatable bonds is 17. The lowest BCUT2D eigenvalue weighted by atomic mass is 9.94. The first-order valence-corrected chi connectivity index (χ1v) is 26.3. The molecule has 0 radical (unpaired) electrons. The molecule has 0 bridgehead atoms. The molecule has 8 unspecified atom stereocenters. The molecule has 4 aliphatic rings. The van der Waals surface area contributed by atoms with Crippen LogP contribution in [0.15, 0.2) is 73.3 Å². The van der Waals surface area contributed by atoms with Gasteiger partial charge in [0, 0.05) is 29.4 Å². The van der Waals surface area contributed by atoms with Crippen LogP contribution < -0.4 is 22.1 Å². The number of alkyl halides is 2. The van der Waals surface area contributed by atoms with Crippen LogP contribution in [0.1, 0.15) is 150 Å². The average Bonchev–Trinajstić information content (AvgIpc) is 3.61. The third kappa shape index (κ3) is 10.6. The van der Waals surface area contributed by atoms with Crippen LogP contribution in [0, 0.1) is 29.1 Å². The number of allylic oxidation sites excluding steroid dienone is 1. The summed E-state index contributed by atoms with van der Waals surface area (Å²) < 4.78 is 33.8. The number of benzene rings is 3. The topological polar surface area (TPSA) is 162 Å². The zero-order chi connectivity index (χ0) is 51.9. The van der Waals surface area contributed by atoms with Gasteiger partial charge in [0.2, 0.25) is 17.7 Å². The highest BCUT2D eigenvalue weighted by Gasteiger charge is 2.55. The van der Waals surface area contributed by atoms with Crippen molar-refractivity contribution < 1.29 is 23.2 Å². The maximum Gasteiger partial charge on any atom is 0.299 e. The van der Waals surface area contributed by atoms with E-state index in [-0.39, 0.29) is 70.1 Å². The smallest absolute Gasteiger partial charge is 0.299 e. The molecule has 2 heterocycles. The second-order valence-corrected chi connectivity index (χ2v) is 21.9. The van der Waals surface area contributed by atoms with Gasteiger partial charge in [0.05, 0.1) is 41.2 Å². The molecular formula is C58H80F2N8O3. The van der Waals surface area contributed by atoms with Crippen molar-refractivity contribution in [3.63, 3.8) is 0 Å². The number of amides is 3. The van der Waals surface area contributed by atoms with E-state index in [4.69, 9.17) is 16.5 Å². The second kappa shape index (κ2) is 21.4. The summed E-state index contributed by atoms with van der Waals surface area (Å²) in [5.41, 5.74) is 17.8. The van der Waals surface area contributed by atoms with Gasteiger partial charge >= 0.3 is 0 Å². The fourth-order valence-electron chi connectivity index (χ4n) is 11.2. The first kappa shape index (κ1) is 53.4. The molecule has 1 saturated heterocycles. The standard InChI is InChI=1S/C56H74F2N8O3.C2H6/c1-11-13-45(47-28-55(22-23-55)29-65(47)53(68)49(60)31(5)6)61-43(12-2)37-16-20-40-39-19-15-35(25-41(39)56(57,58)42(40)26-37)36-17-21-44-46(27-36)63-51(62-44)34(10)66(38-18-14-33(9)24-38)54(69)50(32(7)8)64-52(67)48(59)30(3)4;1-2/h11-12,15-17,19-21,25-27,30-34,38,45,47-50,61H,1,13-14,18,22-24,28-29,59-60H2,2-10H3,(H,62,63)(H,64,67);1-2H3/b43-12-;. The van der Waals surface area contributed by atoms with Crippen molar-refractivity contribution in [1.29, 1.82) is 0 Å². The lowest BCUT2D eigenvalue weighted by Gasteiger charge is -2.38. The number of nitrogens with two attached hydrogens (primary N) is 2. The van der Waals surface area contributed by atoms with Crippen molar-refractivity contribution in [3.8, 4) is 22.3 Å². The molecule has 3 aliphatic carbocycles. The van der Waals surface area contributed by atoms with E-state index < -0.39 is 30.1 Å². The molecule has 3 fully saturated rings. The van der Waals surface area contributed by atoms with Crippen LogP contribution in [0.25, 0.3) is 39.0 Å². The van der Waals surface area contributed by atoms with E-state index in [2.05, 4.69) is 29.1 Å². The lowest BCUT2D eigenvalue weighted by molar-refractivity contribution is -0.142. The predicted octanol–water partition coefficient (Wildman–Crippen LogP) is 10.8. The van der Waals surface area contributed by atoms with Crippen LogP contribution in [0.4, 0.5) is 8.78 Å². The van der Waals surface area contributed by atoms with Gasteiger partial charge in [-0.1, -0.05) is 105 Å². The number of aromatic amines is 1. The number of H-pyrrole nitrogens is 1. The van der Waals surface area contributed by atoms with Crippen molar-refractivity contribution >= 4 is 34.5 Å². The molecule has 4 aromatic rings. The summed E-state index contributed by atoms with van der Waals surface area (Å²) in [5.74, 6) is -3.01. The highest BCUT2D eigenvalue weighted by atomic mass is 19.3. The van der Waals surface area contributed by atoms with Crippen LogP contribution in [-0.2, 0) is 20.3 Å². The molecule has 384 valence electrons. The Morgan fingerprint density at radius 3 is 2.11 bits per heavy atom. The number of fused-ring (bicyclic) bond motifs is 4. The Labute approximate surface area is 421 Å². The van der Waals surface area contributed by atoms with Gasteiger partial charge in [-0.15, -0.1) is 6.58 Å². The third-order valence-corrected chi connectivity index (χ3v) is 15.8. The Balaban J connectivity index is 0.00000366. The van der Waals surface area contributed by atoms with Crippen LogP contribution in [0.3, 0.4) is 0 Å². The molecular weight excluding hydrogens is 895 g/mol. The third-order valence-electron chi connectivity index (χ3n) is 15.8. The van der Waals surface area contributed by atoms with Gasteiger partial charge in [0.1, 0.15) is 11.9 Å². The van der Waals surface area contributed by atoms with Gasteiger partial charge in [0.25, 0.3) is 5.92 Å². The summed E-state index contributed by atoms with van der Waals surface area (Å²) in [4.78, 5) is 53.9. The van der Waals surface area contributed by atoms with E-state index in [1.165, 1.54) is 0 Å². The summed E-state index contributed by atoms with van der Waals surface area (Å²) in [6, 6.07) is 13.4. The quantitative estimate of drug-likeness (QED) is 0.0658. The maximum absolute atomic E-state index is 16.9. The summed E-state index contributed by atoms with van der Waals surface area (Å²) >= 11 is 0. The molecule has 2 saturated carbocycles. The molecule has 1 aromatic heterocycles. The van der Waals surface area contributed by atoms with Gasteiger partial charge in [-0.25, -0.2) is 4.98 Å². The Morgan fingerprint density at radius 2 is 1.52 bits per heavy atom. The molecule has 1 aliphatic heterocycles.